The van der Waals surface area contributed by atoms with E-state index in [2.05, 4.69) is 0 Å². The minimum absolute atomic E-state index is 0. The molecule has 1 rings (SSSR count). The van der Waals surface area contributed by atoms with Gasteiger partial charge >= 0.3 is 58.4 Å². The molecule has 0 heterocycles. The van der Waals surface area contributed by atoms with E-state index in [0.29, 0.717) is 12.1 Å². The number of hydrogen-bond acceptors (Lipinski definition) is 2. The topological polar surface area (TPSA) is 43.1 Å². The van der Waals surface area contributed by atoms with Crippen LogP contribution in [0.4, 0.5) is 18.6 Å². The molecule has 0 amide bonds. The van der Waals surface area contributed by atoms with E-state index in [9.17, 15) is 23.1 Å². The minimum Gasteiger partial charge on any atom is -0.445 e. The average Bonchev–Trinajstić information content (AvgIpc) is 2.01. The average molecular weight is 263 g/mol. The van der Waals surface area contributed by atoms with Gasteiger partial charge in [0.05, 0.1) is 4.92 Å². The van der Waals surface area contributed by atoms with Gasteiger partial charge in [-0.05, 0) is 0 Å². The maximum atomic E-state index is 12.2. The first-order chi connectivity index (χ1) is 6.32. The number of hydrogen-bond donors (Lipinski definition) is 0. The molecule has 0 fully saturated rings. The molecule has 9 heteroatoms. The van der Waals surface area contributed by atoms with Gasteiger partial charge in [-0.15, -0.1) is 0 Å². The fourth-order valence-electron chi connectivity index (χ4n) is 0.895. The van der Waals surface area contributed by atoms with Gasteiger partial charge in [0, 0.05) is 17.2 Å². The first-order valence-corrected chi connectivity index (χ1v) is 3.84. The number of nitro benzene ring substituents is 1. The van der Waals surface area contributed by atoms with E-state index in [1.165, 1.54) is 0 Å². The van der Waals surface area contributed by atoms with Gasteiger partial charge in [-0.2, -0.15) is 0 Å². The Kier molecular flexibility index (Phi) is 5.80. The smallest absolute Gasteiger partial charge is 0.445 e. The molecule has 0 aliphatic carbocycles. The van der Waals surface area contributed by atoms with Gasteiger partial charge in [-0.25, -0.2) is 0 Å². The monoisotopic (exact) mass is 263 g/mol. The fourth-order valence-corrected chi connectivity index (χ4v) is 1.19. The van der Waals surface area contributed by atoms with Gasteiger partial charge < -0.3 is 12.9 Å². The summed E-state index contributed by atoms with van der Waals surface area (Å²) in [4.78, 5) is 9.38. The van der Waals surface area contributed by atoms with E-state index < -0.39 is 28.1 Å². The summed E-state index contributed by atoms with van der Waals surface area (Å²) < 4.78 is 36.6. The zero-order valence-electron chi connectivity index (χ0n) is 7.58. The molecule has 1 aromatic rings. The van der Waals surface area contributed by atoms with Crippen LogP contribution < -0.4 is 56.8 Å². The van der Waals surface area contributed by atoms with Crippen molar-refractivity contribution in [3.63, 3.8) is 0 Å². The third-order valence-electron chi connectivity index (χ3n) is 1.55. The van der Waals surface area contributed by atoms with Gasteiger partial charge in [-0.3, -0.25) is 10.1 Å². The standard InChI is InChI=1S/C6H3BClF3NO2.K/c8-6-3-4(12(13)14)1-2-5(6)7(9,10)11;/h1-3H;/q-1;+1. The van der Waals surface area contributed by atoms with Crippen molar-refractivity contribution in [1.29, 1.82) is 0 Å². The molecule has 0 bridgehead atoms. The minimum atomic E-state index is -5.22. The summed E-state index contributed by atoms with van der Waals surface area (Å²) in [6, 6.07) is 2.07. The molecule has 0 aliphatic rings. The Bertz CT molecular complexity index is 387. The third-order valence-corrected chi connectivity index (χ3v) is 1.87. The summed E-state index contributed by atoms with van der Waals surface area (Å²) in [6.45, 7) is -5.22. The van der Waals surface area contributed by atoms with Gasteiger partial charge in [-0.1, -0.05) is 23.1 Å². The van der Waals surface area contributed by atoms with Crippen LogP contribution in [0, 0.1) is 10.1 Å². The summed E-state index contributed by atoms with van der Waals surface area (Å²) in [7, 11) is 0. The van der Waals surface area contributed by atoms with E-state index in [0.717, 1.165) is 6.07 Å². The van der Waals surface area contributed by atoms with Gasteiger partial charge in [0.25, 0.3) is 5.69 Å². The van der Waals surface area contributed by atoms with Crippen molar-refractivity contribution in [3.8, 4) is 0 Å². The predicted octanol–water partition coefficient (Wildman–Crippen LogP) is -0.693. The fraction of sp³-hybridized carbons (Fsp3) is 0. The second-order valence-corrected chi connectivity index (χ2v) is 2.94. The first-order valence-electron chi connectivity index (χ1n) is 3.46. The van der Waals surface area contributed by atoms with E-state index in [1.807, 2.05) is 0 Å². The molecule has 0 N–H and O–H groups in total. The van der Waals surface area contributed by atoms with Crippen LogP contribution in [0.15, 0.2) is 18.2 Å². The molecule has 0 radical (unpaired) electrons. The molecule has 76 valence electrons. The summed E-state index contributed by atoms with van der Waals surface area (Å²) in [5.41, 5.74) is -1.48. The number of non-ortho nitro benzene ring substituents is 1. The van der Waals surface area contributed by atoms with E-state index in [4.69, 9.17) is 11.6 Å². The summed E-state index contributed by atoms with van der Waals surface area (Å²) in [5.74, 6) is 0. The van der Waals surface area contributed by atoms with Crippen LogP contribution in [0.2, 0.25) is 5.02 Å². The van der Waals surface area contributed by atoms with Crippen molar-refractivity contribution in [2.24, 2.45) is 0 Å². The Labute approximate surface area is 131 Å². The maximum absolute atomic E-state index is 12.2. The zero-order chi connectivity index (χ0) is 10.9. The summed E-state index contributed by atoms with van der Waals surface area (Å²) in [5, 5.41) is 9.54. The molecule has 0 aromatic heterocycles. The SMILES string of the molecule is O=[N+]([O-])c1ccc([B-](F)(F)F)c(Cl)c1.[K+]. The molecular formula is C6H3BClF3KNO2. The maximum Gasteiger partial charge on any atom is 1.00 e. The van der Waals surface area contributed by atoms with Crippen molar-refractivity contribution in [3.05, 3.63) is 33.3 Å². The van der Waals surface area contributed by atoms with Crippen molar-refractivity contribution >= 4 is 29.7 Å². The molecule has 15 heavy (non-hydrogen) atoms. The third kappa shape index (κ3) is 4.04. The second kappa shape index (κ2) is 5.65. The van der Waals surface area contributed by atoms with E-state index >= 15 is 0 Å². The molecule has 0 spiro atoms. The molecule has 0 atom stereocenters. The number of nitro groups is 1. The van der Waals surface area contributed by atoms with Gasteiger partial charge in [0.15, 0.2) is 0 Å². The largest absolute Gasteiger partial charge is 1.00 e. The Balaban J connectivity index is 0.00000196. The zero-order valence-corrected chi connectivity index (χ0v) is 11.5. The van der Waals surface area contributed by atoms with Gasteiger partial charge in [0.1, 0.15) is 0 Å². The van der Waals surface area contributed by atoms with Gasteiger partial charge in [0.2, 0.25) is 0 Å². The number of benzene rings is 1. The molecule has 1 aromatic carbocycles. The van der Waals surface area contributed by atoms with E-state index in [-0.39, 0.29) is 51.4 Å². The number of halogens is 4. The van der Waals surface area contributed by atoms with Crippen LogP contribution in [-0.2, 0) is 0 Å². The molecule has 0 aliphatic heterocycles. The summed E-state index contributed by atoms with van der Waals surface area (Å²) >= 11 is 5.25. The quantitative estimate of drug-likeness (QED) is 0.403. The Morgan fingerprint density at radius 3 is 2.20 bits per heavy atom. The summed E-state index contributed by atoms with van der Waals surface area (Å²) in [6.07, 6.45) is 0. The van der Waals surface area contributed by atoms with Crippen molar-refractivity contribution in [2.45, 2.75) is 0 Å². The van der Waals surface area contributed by atoms with Crippen molar-refractivity contribution in [2.75, 3.05) is 0 Å². The predicted molar refractivity (Wildman–Crippen MR) is 46.8 cm³/mol. The molecular weight excluding hydrogens is 260 g/mol. The molecule has 0 saturated heterocycles. The Morgan fingerprint density at radius 1 is 1.33 bits per heavy atom. The van der Waals surface area contributed by atoms with E-state index in [1.54, 1.807) is 0 Å². The van der Waals surface area contributed by atoms with Crippen LogP contribution in [0.3, 0.4) is 0 Å². The molecule has 3 nitrogen and oxygen atoms in total. The van der Waals surface area contributed by atoms with Crippen LogP contribution in [0.25, 0.3) is 0 Å². The van der Waals surface area contributed by atoms with Crippen LogP contribution in [0.1, 0.15) is 0 Å². The van der Waals surface area contributed by atoms with Crippen LogP contribution in [0.5, 0.6) is 0 Å². The normalized spacial score (nSPS) is 10.7. The van der Waals surface area contributed by atoms with Crippen molar-refractivity contribution in [1.82, 2.24) is 0 Å². The first kappa shape index (κ1) is 15.4. The number of nitrogens with zero attached hydrogens (tertiary/aromatic N) is 1. The second-order valence-electron chi connectivity index (χ2n) is 2.54. The van der Waals surface area contributed by atoms with Crippen LogP contribution >= 0.6 is 11.6 Å². The molecule has 0 saturated carbocycles. The molecule has 0 unspecified atom stereocenters. The van der Waals surface area contributed by atoms with Crippen molar-refractivity contribution < 1.29 is 69.3 Å². The van der Waals surface area contributed by atoms with Crippen LogP contribution in [-0.4, -0.2) is 11.9 Å². The Hall–Kier alpha value is 0.401. The number of rotatable bonds is 2. The Morgan fingerprint density at radius 2 is 1.87 bits per heavy atom.